The predicted molar refractivity (Wildman–Crippen MR) is 101 cm³/mol. The number of rotatable bonds is 4. The Morgan fingerprint density at radius 2 is 1.96 bits per heavy atom. The minimum Gasteiger partial charge on any atom is -0.375 e. The molecule has 130 valence electrons. The Balaban J connectivity index is 1.98. The van der Waals surface area contributed by atoms with Gasteiger partial charge >= 0.3 is 0 Å². The van der Waals surface area contributed by atoms with Crippen LogP contribution in [0.25, 0.3) is 0 Å². The number of benzene rings is 2. The smallest absolute Gasteiger partial charge is 0.261 e. The lowest BCUT2D eigenvalue weighted by Crippen LogP contribution is -2.36. The summed E-state index contributed by atoms with van der Waals surface area (Å²) >= 11 is 3.35. The fraction of sp³-hybridized carbons (Fsp3) is 0.300. The van der Waals surface area contributed by atoms with Crippen molar-refractivity contribution in [1.82, 2.24) is 0 Å². The van der Waals surface area contributed by atoms with Crippen molar-refractivity contribution in [3.05, 3.63) is 63.1 Å². The largest absolute Gasteiger partial charge is 0.375 e. The number of nitrogens with one attached hydrogen (secondary N) is 1. The summed E-state index contributed by atoms with van der Waals surface area (Å²) in [6, 6.07) is 10.9. The molecule has 0 saturated carbocycles. The summed E-state index contributed by atoms with van der Waals surface area (Å²) in [6.45, 7) is 5.98. The molecular formula is C20H20BrNO3. The molecular weight excluding hydrogens is 382 g/mol. The van der Waals surface area contributed by atoms with Gasteiger partial charge in [-0.3, -0.25) is 9.59 Å². The number of halogens is 1. The molecule has 2 N–H and O–H groups in total. The SMILES string of the molecule is Cc1ccc(C(C)C)cc1C(=O)CC1(O)C(=O)Nc2ccc(Br)cc21. The number of ketones is 1. The number of hydrogen-bond donors (Lipinski definition) is 2. The number of aryl methyl sites for hydroxylation is 1. The zero-order chi connectivity index (χ0) is 18.4. The number of anilines is 1. The summed E-state index contributed by atoms with van der Waals surface area (Å²) in [5, 5.41) is 13.6. The molecule has 1 heterocycles. The molecule has 0 bridgehead atoms. The van der Waals surface area contributed by atoms with Crippen LogP contribution in [-0.2, 0) is 10.4 Å². The van der Waals surface area contributed by atoms with Gasteiger partial charge in [-0.2, -0.15) is 0 Å². The van der Waals surface area contributed by atoms with Crippen molar-refractivity contribution < 1.29 is 14.7 Å². The first-order valence-electron chi connectivity index (χ1n) is 8.20. The van der Waals surface area contributed by atoms with Gasteiger partial charge in [-0.1, -0.05) is 41.9 Å². The standard InChI is InChI=1S/C20H20BrNO3/c1-11(2)13-5-4-12(3)15(8-13)18(23)10-20(25)16-9-14(21)6-7-17(16)22-19(20)24/h4-9,11,25H,10H2,1-3H3,(H,22,24). The predicted octanol–water partition coefficient (Wildman–Crippen LogP) is 4.29. The number of hydrogen-bond acceptors (Lipinski definition) is 3. The van der Waals surface area contributed by atoms with Gasteiger partial charge in [0.2, 0.25) is 0 Å². The lowest BCUT2D eigenvalue weighted by atomic mass is 9.86. The van der Waals surface area contributed by atoms with E-state index in [0.717, 1.165) is 15.6 Å². The van der Waals surface area contributed by atoms with Crippen LogP contribution in [0.2, 0.25) is 0 Å². The minimum atomic E-state index is -1.85. The Hall–Kier alpha value is -1.98. The molecule has 0 aliphatic carbocycles. The number of fused-ring (bicyclic) bond motifs is 1. The Labute approximate surface area is 155 Å². The molecule has 1 aliphatic rings. The number of amides is 1. The molecule has 3 rings (SSSR count). The van der Waals surface area contributed by atoms with E-state index >= 15 is 0 Å². The minimum absolute atomic E-state index is 0.245. The topological polar surface area (TPSA) is 66.4 Å². The van der Waals surface area contributed by atoms with Crippen molar-refractivity contribution in [3.8, 4) is 0 Å². The zero-order valence-corrected chi connectivity index (χ0v) is 16.0. The second-order valence-corrected chi connectivity index (χ2v) is 7.75. The van der Waals surface area contributed by atoms with Crippen LogP contribution in [0.4, 0.5) is 5.69 Å². The molecule has 0 aromatic heterocycles. The first-order chi connectivity index (χ1) is 11.7. The Kier molecular flexibility index (Phi) is 4.56. The lowest BCUT2D eigenvalue weighted by molar-refractivity contribution is -0.133. The Bertz CT molecular complexity index is 875. The Morgan fingerprint density at radius 3 is 2.64 bits per heavy atom. The molecule has 2 aromatic rings. The highest BCUT2D eigenvalue weighted by atomic mass is 79.9. The van der Waals surface area contributed by atoms with Gasteiger partial charge in [0.05, 0.1) is 6.42 Å². The van der Waals surface area contributed by atoms with E-state index < -0.39 is 11.5 Å². The van der Waals surface area contributed by atoms with E-state index in [1.165, 1.54) is 0 Å². The lowest BCUT2D eigenvalue weighted by Gasteiger charge is -2.21. The molecule has 5 heteroatoms. The molecule has 0 radical (unpaired) electrons. The normalized spacial score (nSPS) is 19.0. The van der Waals surface area contributed by atoms with E-state index in [1.807, 2.05) is 25.1 Å². The van der Waals surface area contributed by atoms with Crippen LogP contribution >= 0.6 is 15.9 Å². The second-order valence-electron chi connectivity index (χ2n) is 6.83. The van der Waals surface area contributed by atoms with Gasteiger partial charge in [-0.15, -0.1) is 0 Å². The maximum Gasteiger partial charge on any atom is 0.261 e. The molecule has 1 amide bonds. The van der Waals surface area contributed by atoms with Crippen LogP contribution in [-0.4, -0.2) is 16.8 Å². The monoisotopic (exact) mass is 401 g/mol. The molecule has 4 nitrogen and oxygen atoms in total. The number of carbonyl (C=O) groups is 2. The zero-order valence-electron chi connectivity index (χ0n) is 14.4. The third kappa shape index (κ3) is 3.14. The summed E-state index contributed by atoms with van der Waals surface area (Å²) in [6.07, 6.45) is -0.287. The molecule has 1 aliphatic heterocycles. The highest BCUT2D eigenvalue weighted by molar-refractivity contribution is 9.10. The maximum absolute atomic E-state index is 12.9. The van der Waals surface area contributed by atoms with Gasteiger partial charge in [0.15, 0.2) is 11.4 Å². The molecule has 0 saturated heterocycles. The quantitative estimate of drug-likeness (QED) is 0.750. The molecule has 1 atom stereocenters. The highest BCUT2D eigenvalue weighted by Gasteiger charge is 2.47. The van der Waals surface area contributed by atoms with E-state index in [-0.39, 0.29) is 12.2 Å². The van der Waals surface area contributed by atoms with E-state index in [4.69, 9.17) is 0 Å². The van der Waals surface area contributed by atoms with Crippen molar-refractivity contribution in [3.63, 3.8) is 0 Å². The van der Waals surface area contributed by atoms with Crippen molar-refractivity contribution in [2.45, 2.75) is 38.7 Å². The van der Waals surface area contributed by atoms with E-state index in [1.54, 1.807) is 18.2 Å². The summed E-state index contributed by atoms with van der Waals surface area (Å²) in [4.78, 5) is 25.3. The highest BCUT2D eigenvalue weighted by Crippen LogP contribution is 2.40. The van der Waals surface area contributed by atoms with Gasteiger partial charge in [-0.05, 0) is 48.2 Å². The van der Waals surface area contributed by atoms with E-state index in [0.29, 0.717) is 22.7 Å². The number of aliphatic hydroxyl groups is 1. The van der Waals surface area contributed by atoms with Gasteiger partial charge in [0.1, 0.15) is 0 Å². The third-order valence-corrected chi connectivity index (χ3v) is 5.19. The van der Waals surface area contributed by atoms with Crippen molar-refractivity contribution in [1.29, 1.82) is 0 Å². The third-order valence-electron chi connectivity index (χ3n) is 4.70. The summed E-state index contributed by atoms with van der Waals surface area (Å²) in [5.74, 6) is -0.515. The van der Waals surface area contributed by atoms with Crippen LogP contribution in [0, 0.1) is 6.92 Å². The second kappa shape index (κ2) is 6.39. The van der Waals surface area contributed by atoms with Crippen LogP contribution in [0.5, 0.6) is 0 Å². The first-order valence-corrected chi connectivity index (χ1v) is 8.99. The molecule has 2 aromatic carbocycles. The first kappa shape index (κ1) is 17.8. The maximum atomic E-state index is 12.9. The summed E-state index contributed by atoms with van der Waals surface area (Å²) in [7, 11) is 0. The molecule has 0 spiro atoms. The average Bonchev–Trinajstić information content (AvgIpc) is 2.78. The van der Waals surface area contributed by atoms with Gasteiger partial charge in [0.25, 0.3) is 5.91 Å². The van der Waals surface area contributed by atoms with E-state index in [2.05, 4.69) is 35.1 Å². The van der Waals surface area contributed by atoms with Crippen LogP contribution in [0.1, 0.15) is 53.2 Å². The molecule has 0 fully saturated rings. The molecule has 25 heavy (non-hydrogen) atoms. The van der Waals surface area contributed by atoms with Crippen molar-refractivity contribution in [2.75, 3.05) is 5.32 Å². The van der Waals surface area contributed by atoms with Crippen LogP contribution in [0.3, 0.4) is 0 Å². The summed E-state index contributed by atoms with van der Waals surface area (Å²) < 4.78 is 0.742. The Morgan fingerprint density at radius 1 is 1.24 bits per heavy atom. The van der Waals surface area contributed by atoms with Crippen LogP contribution in [0.15, 0.2) is 40.9 Å². The summed E-state index contributed by atoms with van der Waals surface area (Å²) in [5.41, 5.74) is 1.56. The fourth-order valence-corrected chi connectivity index (χ4v) is 3.48. The average molecular weight is 402 g/mol. The van der Waals surface area contributed by atoms with Crippen LogP contribution < -0.4 is 5.32 Å². The number of carbonyl (C=O) groups excluding carboxylic acids is 2. The van der Waals surface area contributed by atoms with Gasteiger partial charge in [0, 0.05) is 21.3 Å². The van der Waals surface area contributed by atoms with Gasteiger partial charge < -0.3 is 10.4 Å². The van der Waals surface area contributed by atoms with Crippen molar-refractivity contribution in [2.24, 2.45) is 0 Å². The number of Topliss-reactive ketones (excluding diaryl/α,β-unsaturated/α-hetero) is 1. The molecule has 1 unspecified atom stereocenters. The van der Waals surface area contributed by atoms with Crippen molar-refractivity contribution >= 4 is 33.3 Å². The fourth-order valence-electron chi connectivity index (χ4n) is 3.12. The van der Waals surface area contributed by atoms with Gasteiger partial charge in [-0.25, -0.2) is 0 Å². The van der Waals surface area contributed by atoms with E-state index in [9.17, 15) is 14.7 Å².